The molecule has 5 rings (SSSR count). The molecule has 146 valence electrons. The molecule has 0 radical (unpaired) electrons. The van der Waals surface area contributed by atoms with Gasteiger partial charge in [0, 0.05) is 18.1 Å². The molecule has 1 aromatic rings. The van der Waals surface area contributed by atoms with Crippen LogP contribution in [0.5, 0.6) is 0 Å². The summed E-state index contributed by atoms with van der Waals surface area (Å²) in [6.07, 6.45) is 6.84. The maximum absolute atomic E-state index is 12.7. The fourth-order valence-electron chi connectivity index (χ4n) is 5.72. The highest BCUT2D eigenvalue weighted by Gasteiger charge is 2.55. The van der Waals surface area contributed by atoms with Gasteiger partial charge in [-0.05, 0) is 61.8 Å². The number of thioether (sulfide) groups is 1. The largest absolute Gasteiger partial charge is 0.455 e. The molecule has 27 heavy (non-hydrogen) atoms. The van der Waals surface area contributed by atoms with Crippen molar-refractivity contribution in [2.45, 2.75) is 44.3 Å². The summed E-state index contributed by atoms with van der Waals surface area (Å²) >= 11 is 1.79. The quantitative estimate of drug-likeness (QED) is 0.545. The summed E-state index contributed by atoms with van der Waals surface area (Å²) in [4.78, 5) is 24.7. The van der Waals surface area contributed by atoms with Crippen molar-refractivity contribution < 1.29 is 14.3 Å². The van der Waals surface area contributed by atoms with Gasteiger partial charge in [0.1, 0.15) is 0 Å². The number of hydrogen-bond donors (Lipinski definition) is 1. The van der Waals surface area contributed by atoms with E-state index in [0.29, 0.717) is 24.3 Å². The highest BCUT2D eigenvalue weighted by molar-refractivity contribution is 7.98. The van der Waals surface area contributed by atoms with Crippen molar-refractivity contribution in [1.29, 1.82) is 0 Å². The van der Waals surface area contributed by atoms with Gasteiger partial charge in [-0.15, -0.1) is 0 Å². The zero-order chi connectivity index (χ0) is 18.7. The Morgan fingerprint density at radius 1 is 1.04 bits per heavy atom. The lowest BCUT2D eigenvalue weighted by atomic mass is 9.49. The van der Waals surface area contributed by atoms with Gasteiger partial charge in [-0.1, -0.05) is 30.3 Å². The van der Waals surface area contributed by atoms with E-state index in [1.807, 2.05) is 18.2 Å². The summed E-state index contributed by atoms with van der Waals surface area (Å²) in [5, 5.41) is 2.86. The van der Waals surface area contributed by atoms with Crippen molar-refractivity contribution in [3.63, 3.8) is 0 Å². The minimum Gasteiger partial charge on any atom is -0.455 e. The molecule has 0 spiro atoms. The number of hydrogen-bond acceptors (Lipinski definition) is 4. The second kappa shape index (κ2) is 8.26. The van der Waals surface area contributed by atoms with Gasteiger partial charge in [-0.25, -0.2) is 0 Å². The number of carbonyl (C=O) groups excluding carboxylic acids is 2. The average molecular weight is 388 g/mol. The van der Waals surface area contributed by atoms with Crippen molar-refractivity contribution in [3.8, 4) is 0 Å². The van der Waals surface area contributed by atoms with E-state index in [1.165, 1.54) is 24.8 Å². The second-order valence-electron chi connectivity index (χ2n) is 8.66. The molecule has 0 aromatic heterocycles. The summed E-state index contributed by atoms with van der Waals surface area (Å²) in [6, 6.07) is 10.3. The smallest absolute Gasteiger partial charge is 0.312 e. The Morgan fingerprint density at radius 2 is 1.67 bits per heavy atom. The molecule has 4 aliphatic carbocycles. The predicted molar refractivity (Wildman–Crippen MR) is 107 cm³/mol. The van der Waals surface area contributed by atoms with E-state index in [9.17, 15) is 9.59 Å². The zero-order valence-electron chi connectivity index (χ0n) is 15.8. The molecular weight excluding hydrogens is 358 g/mol. The molecule has 1 N–H and O–H groups in total. The van der Waals surface area contributed by atoms with Crippen LogP contribution in [0.3, 0.4) is 0 Å². The van der Waals surface area contributed by atoms with Crippen molar-refractivity contribution in [1.82, 2.24) is 5.32 Å². The number of benzene rings is 1. The van der Waals surface area contributed by atoms with Gasteiger partial charge in [-0.3, -0.25) is 9.59 Å². The van der Waals surface area contributed by atoms with Gasteiger partial charge in [0.15, 0.2) is 6.61 Å². The van der Waals surface area contributed by atoms with Crippen LogP contribution in [-0.2, 0) is 20.1 Å². The highest BCUT2D eigenvalue weighted by Crippen LogP contribution is 2.60. The van der Waals surface area contributed by atoms with Gasteiger partial charge in [-0.2, -0.15) is 11.8 Å². The lowest BCUT2D eigenvalue weighted by Gasteiger charge is -2.55. The molecule has 0 saturated heterocycles. The molecule has 0 atom stereocenters. The number of nitrogens with one attached hydrogen (secondary N) is 1. The molecule has 0 aliphatic heterocycles. The first kappa shape index (κ1) is 18.9. The van der Waals surface area contributed by atoms with Crippen LogP contribution in [0.15, 0.2) is 30.3 Å². The number of rotatable bonds is 8. The van der Waals surface area contributed by atoms with Crippen molar-refractivity contribution in [2.24, 2.45) is 23.2 Å². The van der Waals surface area contributed by atoms with Gasteiger partial charge in [0.25, 0.3) is 5.91 Å². The summed E-state index contributed by atoms with van der Waals surface area (Å²) in [6.45, 7) is 0.467. The Hall–Kier alpha value is -1.49. The lowest BCUT2D eigenvalue weighted by Crippen LogP contribution is -2.51. The molecule has 0 heterocycles. The summed E-state index contributed by atoms with van der Waals surface area (Å²) in [5.74, 6) is 3.61. The molecule has 1 amide bonds. The van der Waals surface area contributed by atoms with Gasteiger partial charge < -0.3 is 10.1 Å². The minimum atomic E-state index is -0.277. The maximum Gasteiger partial charge on any atom is 0.312 e. The highest BCUT2D eigenvalue weighted by atomic mass is 32.2. The third-order valence-electron chi connectivity index (χ3n) is 6.49. The third-order valence-corrected chi connectivity index (χ3v) is 7.52. The Morgan fingerprint density at radius 3 is 2.30 bits per heavy atom. The van der Waals surface area contributed by atoms with E-state index in [-0.39, 0.29) is 23.9 Å². The normalized spacial score (nSPS) is 30.9. The molecule has 4 aliphatic rings. The first-order valence-corrected chi connectivity index (χ1v) is 11.3. The number of amides is 1. The minimum absolute atomic E-state index is 0.116. The predicted octanol–water partition coefficient (Wildman–Crippen LogP) is 3.80. The topological polar surface area (TPSA) is 55.4 Å². The van der Waals surface area contributed by atoms with Crippen LogP contribution in [0.1, 0.15) is 44.1 Å². The average Bonchev–Trinajstić information content (AvgIpc) is 2.65. The van der Waals surface area contributed by atoms with E-state index < -0.39 is 0 Å². The van der Waals surface area contributed by atoms with Crippen molar-refractivity contribution in [2.75, 3.05) is 18.9 Å². The zero-order valence-corrected chi connectivity index (χ0v) is 16.6. The molecular formula is C22H29NO3S. The molecule has 4 saturated carbocycles. The van der Waals surface area contributed by atoms with Crippen LogP contribution in [0.25, 0.3) is 0 Å². The Kier molecular flexibility index (Phi) is 5.76. The molecule has 4 nitrogen and oxygen atoms in total. The second-order valence-corrected chi connectivity index (χ2v) is 9.77. The lowest BCUT2D eigenvalue weighted by molar-refractivity contribution is -0.173. The SMILES string of the molecule is O=C(COC(=O)C12CC3CC(CC(C3)C1)C2)NCCSCc1ccccc1. The maximum atomic E-state index is 12.7. The van der Waals surface area contributed by atoms with Crippen LogP contribution in [0, 0.1) is 23.2 Å². The summed E-state index contributed by atoms with van der Waals surface area (Å²) in [7, 11) is 0. The Bertz CT molecular complexity index is 640. The van der Waals surface area contributed by atoms with E-state index in [0.717, 1.165) is 30.8 Å². The molecule has 4 bridgehead atoms. The number of ether oxygens (including phenoxy) is 1. The first-order chi connectivity index (χ1) is 13.1. The van der Waals surface area contributed by atoms with Crippen LogP contribution in [0.4, 0.5) is 0 Å². The van der Waals surface area contributed by atoms with E-state index in [1.54, 1.807) is 11.8 Å². The molecule has 5 heteroatoms. The van der Waals surface area contributed by atoms with Gasteiger partial charge in [0.2, 0.25) is 0 Å². The third kappa shape index (κ3) is 4.50. The van der Waals surface area contributed by atoms with Crippen LogP contribution < -0.4 is 5.32 Å². The summed E-state index contributed by atoms with van der Waals surface area (Å²) in [5.41, 5.74) is 1.01. The van der Waals surface area contributed by atoms with Crippen LogP contribution in [0.2, 0.25) is 0 Å². The van der Waals surface area contributed by atoms with Crippen molar-refractivity contribution >= 4 is 23.6 Å². The van der Waals surface area contributed by atoms with Crippen molar-refractivity contribution in [3.05, 3.63) is 35.9 Å². The van der Waals surface area contributed by atoms with Gasteiger partial charge >= 0.3 is 5.97 Å². The van der Waals surface area contributed by atoms with Crippen LogP contribution >= 0.6 is 11.8 Å². The van der Waals surface area contributed by atoms with E-state index in [2.05, 4.69) is 17.4 Å². The molecule has 4 fully saturated rings. The first-order valence-electron chi connectivity index (χ1n) is 10.2. The fourth-order valence-corrected chi connectivity index (χ4v) is 6.54. The van der Waals surface area contributed by atoms with Gasteiger partial charge in [0.05, 0.1) is 5.41 Å². The molecule has 1 aromatic carbocycles. The number of carbonyl (C=O) groups is 2. The van der Waals surface area contributed by atoms with E-state index in [4.69, 9.17) is 4.74 Å². The Balaban J connectivity index is 1.14. The summed E-state index contributed by atoms with van der Waals surface area (Å²) < 4.78 is 5.46. The standard InChI is InChI=1S/C22H29NO3S/c24-20(23-6-7-27-15-16-4-2-1-3-5-16)14-26-21(25)22-11-17-8-18(12-22)10-19(9-17)13-22/h1-5,17-19H,6-15H2,(H,23,24). The monoisotopic (exact) mass is 387 g/mol. The Labute approximate surface area is 165 Å². The van der Waals surface area contributed by atoms with Crippen LogP contribution in [-0.4, -0.2) is 30.8 Å². The number of esters is 1. The van der Waals surface area contributed by atoms with E-state index >= 15 is 0 Å². The molecule has 0 unspecified atom stereocenters. The fraction of sp³-hybridized carbons (Fsp3) is 0.636.